The summed E-state index contributed by atoms with van der Waals surface area (Å²) in [4.78, 5) is 22.4. The molecule has 1 aromatic rings. The number of benzene rings is 1. The van der Waals surface area contributed by atoms with E-state index in [1.165, 1.54) is 31.2 Å². The molecule has 0 radical (unpaired) electrons. The highest BCUT2D eigenvalue weighted by Gasteiger charge is 2.16. The standard InChI is InChI=1S/C15H23N3O5S/c1-11(19)18-12-5-7-13(8-6-12)24(21,22)17-10-9-16-14(20)23-15(2,3)4/h5-8,17H,9-10H2,1-4H3,(H,16,20)(H,18,19). The maximum Gasteiger partial charge on any atom is 0.407 e. The summed E-state index contributed by atoms with van der Waals surface area (Å²) in [6, 6.07) is 5.76. The molecule has 24 heavy (non-hydrogen) atoms. The topological polar surface area (TPSA) is 114 Å². The Hall–Kier alpha value is -2.13. The molecule has 3 N–H and O–H groups in total. The van der Waals surface area contributed by atoms with Crippen LogP contribution in [0.15, 0.2) is 29.2 Å². The highest BCUT2D eigenvalue weighted by Crippen LogP contribution is 2.13. The first-order valence-corrected chi connectivity index (χ1v) is 8.82. The van der Waals surface area contributed by atoms with Crippen molar-refractivity contribution >= 4 is 27.7 Å². The summed E-state index contributed by atoms with van der Waals surface area (Å²) in [5.41, 5.74) is -0.104. The SMILES string of the molecule is CC(=O)Nc1ccc(S(=O)(=O)NCCNC(=O)OC(C)(C)C)cc1. The average Bonchev–Trinajstić information content (AvgIpc) is 2.42. The number of sulfonamides is 1. The van der Waals surface area contributed by atoms with Crippen molar-refractivity contribution in [1.82, 2.24) is 10.0 Å². The van der Waals surface area contributed by atoms with Crippen LogP contribution in [0.2, 0.25) is 0 Å². The molecule has 0 aliphatic carbocycles. The van der Waals surface area contributed by atoms with Gasteiger partial charge in [-0.25, -0.2) is 17.9 Å². The molecule has 0 aromatic heterocycles. The zero-order chi connectivity index (χ0) is 18.4. The van der Waals surface area contributed by atoms with Crippen LogP contribution in [0, 0.1) is 0 Å². The summed E-state index contributed by atoms with van der Waals surface area (Å²) in [5, 5.41) is 5.01. The van der Waals surface area contributed by atoms with Crippen molar-refractivity contribution in [3.05, 3.63) is 24.3 Å². The minimum absolute atomic E-state index is 0.0228. The first kappa shape index (κ1) is 19.9. The molecule has 2 amide bonds. The van der Waals surface area contributed by atoms with Gasteiger partial charge < -0.3 is 15.4 Å². The molecule has 9 heteroatoms. The molecule has 0 heterocycles. The number of carbonyl (C=O) groups is 2. The second kappa shape index (κ2) is 8.11. The summed E-state index contributed by atoms with van der Waals surface area (Å²) >= 11 is 0. The zero-order valence-electron chi connectivity index (χ0n) is 14.2. The van der Waals surface area contributed by atoms with Gasteiger partial charge in [-0.2, -0.15) is 0 Å². The van der Waals surface area contributed by atoms with E-state index in [2.05, 4.69) is 15.4 Å². The van der Waals surface area contributed by atoms with Crippen molar-refractivity contribution in [2.45, 2.75) is 38.2 Å². The number of hydrogen-bond acceptors (Lipinski definition) is 5. The van der Waals surface area contributed by atoms with Crippen LogP contribution in [0.1, 0.15) is 27.7 Å². The maximum absolute atomic E-state index is 12.1. The Morgan fingerprint density at radius 2 is 1.67 bits per heavy atom. The van der Waals surface area contributed by atoms with E-state index >= 15 is 0 Å². The van der Waals surface area contributed by atoms with Gasteiger partial charge in [-0.1, -0.05) is 0 Å². The van der Waals surface area contributed by atoms with Gasteiger partial charge >= 0.3 is 6.09 Å². The highest BCUT2D eigenvalue weighted by atomic mass is 32.2. The van der Waals surface area contributed by atoms with Gasteiger partial charge in [-0.15, -0.1) is 0 Å². The van der Waals surface area contributed by atoms with Gasteiger partial charge in [0.1, 0.15) is 5.60 Å². The third kappa shape index (κ3) is 7.42. The van der Waals surface area contributed by atoms with Crippen molar-refractivity contribution in [1.29, 1.82) is 0 Å². The van der Waals surface area contributed by atoms with Crippen LogP contribution in [0.5, 0.6) is 0 Å². The lowest BCUT2D eigenvalue weighted by molar-refractivity contribution is -0.114. The fourth-order valence-corrected chi connectivity index (χ4v) is 2.70. The third-order valence-corrected chi connectivity index (χ3v) is 4.05. The second-order valence-corrected chi connectivity index (χ2v) is 7.80. The number of nitrogens with one attached hydrogen (secondary N) is 3. The van der Waals surface area contributed by atoms with Gasteiger partial charge in [-0.05, 0) is 45.0 Å². The molecule has 0 aliphatic heterocycles. The van der Waals surface area contributed by atoms with Crippen molar-refractivity contribution in [2.24, 2.45) is 0 Å². The molecular formula is C15H23N3O5S. The summed E-state index contributed by atoms with van der Waals surface area (Å²) in [6.45, 7) is 6.69. The van der Waals surface area contributed by atoms with Crippen LogP contribution in [-0.4, -0.2) is 39.1 Å². The van der Waals surface area contributed by atoms with Crippen LogP contribution in [0.3, 0.4) is 0 Å². The number of anilines is 1. The summed E-state index contributed by atoms with van der Waals surface area (Å²) in [5.74, 6) is -0.239. The second-order valence-electron chi connectivity index (χ2n) is 6.03. The molecule has 134 valence electrons. The van der Waals surface area contributed by atoms with Crippen molar-refractivity contribution in [3.63, 3.8) is 0 Å². The van der Waals surface area contributed by atoms with Crippen molar-refractivity contribution in [3.8, 4) is 0 Å². The van der Waals surface area contributed by atoms with Crippen molar-refractivity contribution in [2.75, 3.05) is 18.4 Å². The monoisotopic (exact) mass is 357 g/mol. The lowest BCUT2D eigenvalue weighted by atomic mass is 10.2. The smallest absolute Gasteiger partial charge is 0.407 e. The molecule has 0 bridgehead atoms. The van der Waals surface area contributed by atoms with E-state index in [4.69, 9.17) is 4.74 Å². The van der Waals surface area contributed by atoms with Crippen LogP contribution in [0.25, 0.3) is 0 Å². The van der Waals surface area contributed by atoms with E-state index in [1.807, 2.05) is 0 Å². The minimum atomic E-state index is -3.69. The number of hydrogen-bond donors (Lipinski definition) is 3. The molecule has 0 unspecified atom stereocenters. The number of ether oxygens (including phenoxy) is 1. The molecule has 0 spiro atoms. The van der Waals surface area contributed by atoms with E-state index in [-0.39, 0.29) is 23.9 Å². The Morgan fingerprint density at radius 3 is 2.17 bits per heavy atom. The molecular weight excluding hydrogens is 334 g/mol. The predicted octanol–water partition coefficient (Wildman–Crippen LogP) is 1.45. The Bertz CT molecular complexity index is 678. The van der Waals surface area contributed by atoms with E-state index in [1.54, 1.807) is 20.8 Å². The Morgan fingerprint density at radius 1 is 1.08 bits per heavy atom. The molecule has 0 aliphatic rings. The Balaban J connectivity index is 2.49. The van der Waals surface area contributed by atoms with E-state index in [0.717, 1.165) is 0 Å². The van der Waals surface area contributed by atoms with E-state index in [9.17, 15) is 18.0 Å². The number of rotatable bonds is 6. The largest absolute Gasteiger partial charge is 0.444 e. The number of alkyl carbamates (subject to hydrolysis) is 1. The molecule has 0 saturated heterocycles. The number of amides is 2. The van der Waals surface area contributed by atoms with Crippen LogP contribution in [0.4, 0.5) is 10.5 Å². The lowest BCUT2D eigenvalue weighted by Crippen LogP contribution is -2.37. The Labute approximate surface area is 142 Å². The van der Waals surface area contributed by atoms with Gasteiger partial charge in [-0.3, -0.25) is 4.79 Å². The van der Waals surface area contributed by atoms with Crippen molar-refractivity contribution < 1.29 is 22.7 Å². The molecule has 0 atom stereocenters. The van der Waals surface area contributed by atoms with Gasteiger partial charge in [0.05, 0.1) is 4.90 Å². The summed E-state index contributed by atoms with van der Waals surface area (Å²) in [6.07, 6.45) is -0.610. The zero-order valence-corrected chi connectivity index (χ0v) is 15.0. The third-order valence-electron chi connectivity index (χ3n) is 2.57. The molecule has 1 aromatic carbocycles. The lowest BCUT2D eigenvalue weighted by Gasteiger charge is -2.19. The van der Waals surface area contributed by atoms with Crippen LogP contribution < -0.4 is 15.4 Å². The van der Waals surface area contributed by atoms with Gasteiger partial charge in [0, 0.05) is 25.7 Å². The van der Waals surface area contributed by atoms with Gasteiger partial charge in [0.15, 0.2) is 0 Å². The summed E-state index contributed by atoms with van der Waals surface area (Å²) < 4.78 is 31.6. The van der Waals surface area contributed by atoms with Crippen LogP contribution in [-0.2, 0) is 19.6 Å². The molecule has 8 nitrogen and oxygen atoms in total. The minimum Gasteiger partial charge on any atom is -0.444 e. The summed E-state index contributed by atoms with van der Waals surface area (Å²) in [7, 11) is -3.69. The maximum atomic E-state index is 12.1. The number of carbonyl (C=O) groups excluding carboxylic acids is 2. The fraction of sp³-hybridized carbons (Fsp3) is 0.467. The van der Waals surface area contributed by atoms with E-state index in [0.29, 0.717) is 5.69 Å². The van der Waals surface area contributed by atoms with Crippen LogP contribution >= 0.6 is 0 Å². The fourth-order valence-electron chi connectivity index (χ4n) is 1.67. The molecule has 1 rings (SSSR count). The predicted molar refractivity (Wildman–Crippen MR) is 90.2 cm³/mol. The molecule has 0 fully saturated rings. The van der Waals surface area contributed by atoms with Gasteiger partial charge in [0.2, 0.25) is 15.9 Å². The van der Waals surface area contributed by atoms with Gasteiger partial charge in [0.25, 0.3) is 0 Å². The van der Waals surface area contributed by atoms with E-state index < -0.39 is 21.7 Å². The molecule has 0 saturated carbocycles. The quantitative estimate of drug-likeness (QED) is 0.667. The normalized spacial score (nSPS) is 11.7. The highest BCUT2D eigenvalue weighted by molar-refractivity contribution is 7.89. The first-order chi connectivity index (χ1) is 11.0. The average molecular weight is 357 g/mol. The first-order valence-electron chi connectivity index (χ1n) is 7.34. The Kier molecular flexibility index (Phi) is 6.73.